The number of amides is 1. The van der Waals surface area contributed by atoms with Crippen molar-refractivity contribution in [2.75, 3.05) is 33.7 Å². The summed E-state index contributed by atoms with van der Waals surface area (Å²) in [6.07, 6.45) is 1.79. The Balaban J connectivity index is 2.24. The van der Waals surface area contributed by atoms with E-state index >= 15 is 0 Å². The molecule has 2 N–H and O–H groups in total. The highest BCUT2D eigenvalue weighted by molar-refractivity contribution is 5.76. The van der Waals surface area contributed by atoms with E-state index in [1.165, 1.54) is 0 Å². The Morgan fingerprint density at radius 2 is 2.19 bits per heavy atom. The molecule has 0 aromatic rings. The molecule has 0 aliphatic carbocycles. The van der Waals surface area contributed by atoms with Gasteiger partial charge in [0.1, 0.15) is 0 Å². The lowest BCUT2D eigenvalue weighted by Crippen LogP contribution is -2.48. The van der Waals surface area contributed by atoms with Crippen molar-refractivity contribution in [2.45, 2.75) is 32.2 Å². The van der Waals surface area contributed by atoms with Gasteiger partial charge in [0.15, 0.2) is 0 Å². The van der Waals surface area contributed by atoms with E-state index in [4.69, 9.17) is 0 Å². The average Bonchev–Trinajstić information content (AvgIpc) is 2.67. The number of likely N-dealkylation sites (N-methyl/N-ethyl adjacent to an activating group) is 1. The molecule has 1 saturated heterocycles. The van der Waals surface area contributed by atoms with E-state index in [1.54, 1.807) is 0 Å². The van der Waals surface area contributed by atoms with Gasteiger partial charge >= 0.3 is 0 Å². The molecule has 1 fully saturated rings. The normalized spacial score (nSPS) is 21.4. The maximum atomic E-state index is 11.7. The number of hydrogen-bond acceptors (Lipinski definition) is 3. The molecule has 1 atom stereocenters. The van der Waals surface area contributed by atoms with Gasteiger partial charge in [0, 0.05) is 18.5 Å². The van der Waals surface area contributed by atoms with Gasteiger partial charge in [-0.15, -0.1) is 0 Å². The highest BCUT2D eigenvalue weighted by Gasteiger charge is 2.22. The topological polar surface area (TPSA) is 44.4 Å². The molecule has 1 unspecified atom stereocenters. The summed E-state index contributed by atoms with van der Waals surface area (Å²) in [7, 11) is 4.07. The Labute approximate surface area is 98.8 Å². The van der Waals surface area contributed by atoms with Crippen LogP contribution in [-0.2, 0) is 4.79 Å². The number of carbonyl (C=O) groups excluding carboxylic acids is 1. The third kappa shape index (κ3) is 4.10. The average molecular weight is 227 g/mol. The van der Waals surface area contributed by atoms with Crippen molar-refractivity contribution in [2.24, 2.45) is 5.92 Å². The Morgan fingerprint density at radius 3 is 2.69 bits per heavy atom. The summed E-state index contributed by atoms with van der Waals surface area (Å²) < 4.78 is 0. The molecular weight excluding hydrogens is 202 g/mol. The Bertz CT molecular complexity index is 232. The zero-order valence-corrected chi connectivity index (χ0v) is 11.0. The van der Waals surface area contributed by atoms with Crippen LogP contribution in [0.2, 0.25) is 0 Å². The third-order valence-electron chi connectivity index (χ3n) is 3.57. The Hall–Kier alpha value is -0.610. The van der Waals surface area contributed by atoms with Gasteiger partial charge in [-0.2, -0.15) is 0 Å². The molecule has 1 aliphatic heterocycles. The number of hydrogen-bond donors (Lipinski definition) is 2. The first-order chi connectivity index (χ1) is 7.42. The van der Waals surface area contributed by atoms with Gasteiger partial charge in [-0.05, 0) is 53.4 Å². The zero-order chi connectivity index (χ0) is 12.2. The first kappa shape index (κ1) is 13.5. The van der Waals surface area contributed by atoms with Crippen molar-refractivity contribution in [3.63, 3.8) is 0 Å². The number of rotatable bonds is 5. The highest BCUT2D eigenvalue weighted by Crippen LogP contribution is 2.12. The second-order valence-electron chi connectivity index (χ2n) is 5.55. The van der Waals surface area contributed by atoms with E-state index in [1.807, 2.05) is 14.1 Å². The van der Waals surface area contributed by atoms with Gasteiger partial charge in [0.05, 0.1) is 0 Å². The lowest BCUT2D eigenvalue weighted by molar-refractivity contribution is -0.122. The van der Waals surface area contributed by atoms with Crippen LogP contribution >= 0.6 is 0 Å². The summed E-state index contributed by atoms with van der Waals surface area (Å²) in [6.45, 7) is 7.01. The molecule has 0 saturated carbocycles. The molecule has 0 aromatic carbocycles. The van der Waals surface area contributed by atoms with Crippen LogP contribution in [-0.4, -0.2) is 50.1 Å². The molecule has 16 heavy (non-hydrogen) atoms. The standard InChI is InChI=1S/C12H25N3O/c1-12(2,15(3)4)9-14-11(16)7-10-5-6-13-8-10/h10,13H,5-9H2,1-4H3,(H,14,16). The fraction of sp³-hybridized carbons (Fsp3) is 0.917. The Kier molecular flexibility index (Phi) is 4.74. The van der Waals surface area contributed by atoms with E-state index in [0.717, 1.165) is 19.5 Å². The monoisotopic (exact) mass is 227 g/mol. The molecule has 0 radical (unpaired) electrons. The maximum absolute atomic E-state index is 11.7. The zero-order valence-electron chi connectivity index (χ0n) is 11.0. The van der Waals surface area contributed by atoms with Crippen LogP contribution < -0.4 is 10.6 Å². The fourth-order valence-electron chi connectivity index (χ4n) is 1.70. The molecule has 1 amide bonds. The summed E-state index contributed by atoms with van der Waals surface area (Å²) in [5.74, 6) is 0.714. The SMILES string of the molecule is CN(C)C(C)(C)CNC(=O)CC1CCNC1. The molecule has 0 aromatic heterocycles. The first-order valence-corrected chi connectivity index (χ1v) is 6.06. The molecule has 0 spiro atoms. The van der Waals surface area contributed by atoms with Crippen molar-refractivity contribution >= 4 is 5.91 Å². The Morgan fingerprint density at radius 1 is 1.50 bits per heavy atom. The number of nitrogens with zero attached hydrogens (tertiary/aromatic N) is 1. The van der Waals surface area contributed by atoms with Crippen molar-refractivity contribution in [3.05, 3.63) is 0 Å². The quantitative estimate of drug-likeness (QED) is 0.716. The van der Waals surface area contributed by atoms with Crippen LogP contribution in [0.4, 0.5) is 0 Å². The van der Waals surface area contributed by atoms with Crippen LogP contribution in [0.3, 0.4) is 0 Å². The minimum atomic E-state index is 0.0174. The number of nitrogens with one attached hydrogen (secondary N) is 2. The van der Waals surface area contributed by atoms with E-state index in [9.17, 15) is 4.79 Å². The van der Waals surface area contributed by atoms with Crippen LogP contribution in [0.25, 0.3) is 0 Å². The molecule has 4 nitrogen and oxygen atoms in total. The molecule has 1 heterocycles. The van der Waals surface area contributed by atoms with Crippen LogP contribution in [0.5, 0.6) is 0 Å². The summed E-state index contributed by atoms with van der Waals surface area (Å²) >= 11 is 0. The minimum absolute atomic E-state index is 0.0174. The van der Waals surface area contributed by atoms with Crippen LogP contribution in [0.15, 0.2) is 0 Å². The van der Waals surface area contributed by atoms with Gasteiger partial charge < -0.3 is 15.5 Å². The predicted molar refractivity (Wildman–Crippen MR) is 66.4 cm³/mol. The smallest absolute Gasteiger partial charge is 0.220 e. The molecule has 1 aliphatic rings. The minimum Gasteiger partial charge on any atom is -0.354 e. The molecule has 0 bridgehead atoms. The summed E-state index contributed by atoms with van der Waals surface area (Å²) in [5, 5.41) is 6.30. The molecular formula is C12H25N3O. The van der Waals surface area contributed by atoms with E-state index < -0.39 is 0 Å². The lowest BCUT2D eigenvalue weighted by atomic mass is 10.0. The van der Waals surface area contributed by atoms with Crippen molar-refractivity contribution in [1.29, 1.82) is 0 Å². The van der Waals surface area contributed by atoms with Gasteiger partial charge in [-0.25, -0.2) is 0 Å². The van der Waals surface area contributed by atoms with Gasteiger partial charge in [0.25, 0.3) is 0 Å². The first-order valence-electron chi connectivity index (χ1n) is 6.06. The van der Waals surface area contributed by atoms with Crippen molar-refractivity contribution < 1.29 is 4.79 Å². The summed E-state index contributed by atoms with van der Waals surface area (Å²) in [5.41, 5.74) is 0.0174. The van der Waals surface area contributed by atoms with Crippen LogP contribution in [0.1, 0.15) is 26.7 Å². The molecule has 94 valence electrons. The second-order valence-corrected chi connectivity index (χ2v) is 5.55. The third-order valence-corrected chi connectivity index (χ3v) is 3.57. The van der Waals surface area contributed by atoms with Crippen LogP contribution in [0, 0.1) is 5.92 Å². The van der Waals surface area contributed by atoms with Crippen molar-refractivity contribution in [3.8, 4) is 0 Å². The maximum Gasteiger partial charge on any atom is 0.220 e. The summed E-state index contributed by atoms with van der Waals surface area (Å²) in [6, 6.07) is 0. The molecule has 1 rings (SSSR count). The van der Waals surface area contributed by atoms with E-state index in [0.29, 0.717) is 18.9 Å². The van der Waals surface area contributed by atoms with E-state index in [2.05, 4.69) is 29.4 Å². The molecule has 4 heteroatoms. The van der Waals surface area contributed by atoms with Crippen molar-refractivity contribution in [1.82, 2.24) is 15.5 Å². The highest BCUT2D eigenvalue weighted by atomic mass is 16.1. The number of carbonyl (C=O) groups is 1. The van der Waals surface area contributed by atoms with Gasteiger partial charge in [-0.3, -0.25) is 4.79 Å². The second kappa shape index (κ2) is 5.64. The van der Waals surface area contributed by atoms with Gasteiger partial charge in [-0.1, -0.05) is 0 Å². The summed E-state index contributed by atoms with van der Waals surface area (Å²) in [4.78, 5) is 13.8. The van der Waals surface area contributed by atoms with Gasteiger partial charge in [0.2, 0.25) is 5.91 Å². The largest absolute Gasteiger partial charge is 0.354 e. The fourth-order valence-corrected chi connectivity index (χ4v) is 1.70. The lowest BCUT2D eigenvalue weighted by Gasteiger charge is -2.32. The predicted octanol–water partition coefficient (Wildman–Crippen LogP) is 0.442. The van der Waals surface area contributed by atoms with E-state index in [-0.39, 0.29) is 11.4 Å².